The molecule has 0 aliphatic rings. The van der Waals surface area contributed by atoms with Crippen LogP contribution in [0.25, 0.3) is 16.8 Å². The molecule has 1 amide bonds. The minimum Gasteiger partial charge on any atom is -0.337 e. The van der Waals surface area contributed by atoms with E-state index in [9.17, 15) is 4.79 Å². The van der Waals surface area contributed by atoms with Crippen molar-refractivity contribution in [1.29, 1.82) is 5.26 Å². The van der Waals surface area contributed by atoms with Crippen LogP contribution in [0.4, 0.5) is 0 Å². The summed E-state index contributed by atoms with van der Waals surface area (Å²) < 4.78 is 0. The van der Waals surface area contributed by atoms with Crippen molar-refractivity contribution in [1.82, 2.24) is 5.32 Å². The van der Waals surface area contributed by atoms with Gasteiger partial charge in [0.05, 0.1) is 6.07 Å². The van der Waals surface area contributed by atoms with Gasteiger partial charge in [0.15, 0.2) is 0 Å². The lowest BCUT2D eigenvalue weighted by atomic mass is 10.0. The zero-order valence-corrected chi connectivity index (χ0v) is 11.3. The van der Waals surface area contributed by atoms with Gasteiger partial charge in [0, 0.05) is 6.08 Å². The van der Waals surface area contributed by atoms with E-state index in [1.54, 1.807) is 6.08 Å². The fourth-order valence-electron chi connectivity index (χ4n) is 2.01. The Labute approximate surface area is 118 Å². The summed E-state index contributed by atoms with van der Waals surface area (Å²) in [5.41, 5.74) is 0.989. The first-order chi connectivity index (χ1) is 9.74. The SMILES string of the molecule is CC[C@@H](C#N)NC(=O)/C=C/c1cccc2ccccc12. The first kappa shape index (κ1) is 13.8. The predicted molar refractivity (Wildman–Crippen MR) is 80.8 cm³/mol. The van der Waals surface area contributed by atoms with E-state index in [0.29, 0.717) is 6.42 Å². The van der Waals surface area contributed by atoms with Gasteiger partial charge in [-0.05, 0) is 28.8 Å². The Morgan fingerprint density at radius 3 is 2.80 bits per heavy atom. The molecule has 2 aromatic carbocycles. The Morgan fingerprint density at radius 2 is 2.05 bits per heavy atom. The molecule has 0 fully saturated rings. The van der Waals surface area contributed by atoms with Crippen molar-refractivity contribution < 1.29 is 4.79 Å². The molecule has 100 valence electrons. The molecule has 0 unspecified atom stereocenters. The second-order valence-corrected chi connectivity index (χ2v) is 4.50. The van der Waals surface area contributed by atoms with E-state index in [1.807, 2.05) is 55.5 Å². The number of rotatable bonds is 4. The van der Waals surface area contributed by atoms with E-state index < -0.39 is 6.04 Å². The molecule has 2 aromatic rings. The normalized spacial score (nSPS) is 12.2. The molecule has 0 aliphatic carbocycles. The minimum atomic E-state index is -0.431. The highest BCUT2D eigenvalue weighted by molar-refractivity contribution is 5.96. The highest BCUT2D eigenvalue weighted by Crippen LogP contribution is 2.19. The van der Waals surface area contributed by atoms with Gasteiger partial charge in [-0.25, -0.2) is 0 Å². The van der Waals surface area contributed by atoms with Crippen LogP contribution in [-0.2, 0) is 4.79 Å². The number of nitriles is 1. The molecule has 0 radical (unpaired) electrons. The van der Waals surface area contributed by atoms with E-state index in [0.717, 1.165) is 16.3 Å². The molecule has 0 bridgehead atoms. The van der Waals surface area contributed by atoms with Crippen LogP contribution >= 0.6 is 0 Å². The Hall–Kier alpha value is -2.60. The van der Waals surface area contributed by atoms with Gasteiger partial charge in [-0.2, -0.15) is 5.26 Å². The molecule has 0 spiro atoms. The number of carbonyl (C=O) groups is 1. The Morgan fingerprint density at radius 1 is 1.30 bits per heavy atom. The minimum absolute atomic E-state index is 0.244. The topological polar surface area (TPSA) is 52.9 Å². The third kappa shape index (κ3) is 3.24. The molecule has 3 nitrogen and oxygen atoms in total. The second kappa shape index (κ2) is 6.53. The van der Waals surface area contributed by atoms with Crippen molar-refractivity contribution in [2.24, 2.45) is 0 Å². The number of hydrogen-bond acceptors (Lipinski definition) is 2. The number of nitrogens with one attached hydrogen (secondary N) is 1. The summed E-state index contributed by atoms with van der Waals surface area (Å²) in [5.74, 6) is -0.244. The van der Waals surface area contributed by atoms with Crippen LogP contribution < -0.4 is 5.32 Å². The van der Waals surface area contributed by atoms with Gasteiger partial charge in [-0.1, -0.05) is 49.4 Å². The van der Waals surface area contributed by atoms with Crippen LogP contribution in [0.15, 0.2) is 48.5 Å². The molecule has 1 atom stereocenters. The van der Waals surface area contributed by atoms with Gasteiger partial charge in [0.1, 0.15) is 6.04 Å². The summed E-state index contributed by atoms with van der Waals surface area (Å²) in [6.45, 7) is 1.86. The molecule has 0 aromatic heterocycles. The van der Waals surface area contributed by atoms with E-state index in [1.165, 1.54) is 6.08 Å². The summed E-state index contributed by atoms with van der Waals surface area (Å²) in [5, 5.41) is 13.7. The monoisotopic (exact) mass is 264 g/mol. The third-order valence-corrected chi connectivity index (χ3v) is 3.12. The van der Waals surface area contributed by atoms with E-state index >= 15 is 0 Å². The Balaban J connectivity index is 2.18. The average Bonchev–Trinajstić information content (AvgIpc) is 2.50. The number of amides is 1. The molecule has 0 saturated carbocycles. The van der Waals surface area contributed by atoms with Crippen molar-refractivity contribution in [2.75, 3.05) is 0 Å². The number of nitrogens with zero attached hydrogens (tertiary/aromatic N) is 1. The first-order valence-electron chi connectivity index (χ1n) is 6.60. The van der Waals surface area contributed by atoms with E-state index in [2.05, 4.69) is 5.32 Å². The summed E-state index contributed by atoms with van der Waals surface area (Å²) in [6.07, 6.45) is 3.86. The predicted octanol–water partition coefficient (Wildman–Crippen LogP) is 3.27. The zero-order chi connectivity index (χ0) is 14.4. The van der Waals surface area contributed by atoms with Gasteiger partial charge in [-0.15, -0.1) is 0 Å². The number of fused-ring (bicyclic) bond motifs is 1. The van der Waals surface area contributed by atoms with Crippen LogP contribution in [0, 0.1) is 11.3 Å². The van der Waals surface area contributed by atoms with E-state index in [-0.39, 0.29) is 5.91 Å². The second-order valence-electron chi connectivity index (χ2n) is 4.50. The Kier molecular flexibility index (Phi) is 4.52. The molecule has 2 rings (SSSR count). The third-order valence-electron chi connectivity index (χ3n) is 3.12. The smallest absolute Gasteiger partial charge is 0.245 e. The van der Waals surface area contributed by atoms with Gasteiger partial charge in [0.2, 0.25) is 5.91 Å². The Bertz CT molecular complexity index is 677. The fourth-order valence-corrected chi connectivity index (χ4v) is 2.01. The van der Waals surface area contributed by atoms with Crippen molar-refractivity contribution in [2.45, 2.75) is 19.4 Å². The standard InChI is InChI=1S/C17H16N2O/c1-2-15(12-18)19-17(20)11-10-14-8-5-7-13-6-3-4-9-16(13)14/h3-11,15H,2H2,1H3,(H,19,20)/b11-10+/t15-/m0/s1. The molecule has 1 N–H and O–H groups in total. The summed E-state index contributed by atoms with van der Waals surface area (Å²) in [4.78, 5) is 11.7. The van der Waals surface area contributed by atoms with Crippen LogP contribution in [-0.4, -0.2) is 11.9 Å². The summed E-state index contributed by atoms with van der Waals surface area (Å²) in [6, 6.07) is 15.6. The number of benzene rings is 2. The van der Waals surface area contributed by atoms with E-state index in [4.69, 9.17) is 5.26 Å². The average molecular weight is 264 g/mol. The molecular formula is C17H16N2O. The number of hydrogen-bond donors (Lipinski definition) is 1. The summed E-state index contributed by atoms with van der Waals surface area (Å²) in [7, 11) is 0. The quantitative estimate of drug-likeness (QED) is 0.862. The van der Waals surface area contributed by atoms with Crippen molar-refractivity contribution in [3.05, 3.63) is 54.1 Å². The molecule has 0 saturated heterocycles. The van der Waals surface area contributed by atoms with Crippen LogP contribution in [0.5, 0.6) is 0 Å². The van der Waals surface area contributed by atoms with Crippen molar-refractivity contribution in [3.63, 3.8) is 0 Å². The molecule has 0 aliphatic heterocycles. The molecule has 0 heterocycles. The maximum Gasteiger partial charge on any atom is 0.245 e. The molecule has 3 heteroatoms. The number of carbonyl (C=O) groups excluding carboxylic acids is 1. The van der Waals surface area contributed by atoms with Crippen molar-refractivity contribution >= 4 is 22.8 Å². The van der Waals surface area contributed by atoms with Crippen LogP contribution in [0.1, 0.15) is 18.9 Å². The van der Waals surface area contributed by atoms with Gasteiger partial charge >= 0.3 is 0 Å². The maximum atomic E-state index is 11.7. The molecular weight excluding hydrogens is 248 g/mol. The highest BCUT2D eigenvalue weighted by atomic mass is 16.1. The zero-order valence-electron chi connectivity index (χ0n) is 11.3. The van der Waals surface area contributed by atoms with Gasteiger partial charge in [0.25, 0.3) is 0 Å². The largest absolute Gasteiger partial charge is 0.337 e. The fraction of sp³-hybridized carbons (Fsp3) is 0.176. The van der Waals surface area contributed by atoms with Crippen LogP contribution in [0.3, 0.4) is 0 Å². The molecule has 20 heavy (non-hydrogen) atoms. The highest BCUT2D eigenvalue weighted by Gasteiger charge is 2.06. The summed E-state index contributed by atoms with van der Waals surface area (Å²) >= 11 is 0. The lowest BCUT2D eigenvalue weighted by molar-refractivity contribution is -0.116. The van der Waals surface area contributed by atoms with Crippen molar-refractivity contribution in [3.8, 4) is 6.07 Å². The van der Waals surface area contributed by atoms with Gasteiger partial charge in [-0.3, -0.25) is 4.79 Å². The van der Waals surface area contributed by atoms with Crippen LogP contribution in [0.2, 0.25) is 0 Å². The van der Waals surface area contributed by atoms with Gasteiger partial charge < -0.3 is 5.32 Å². The lowest BCUT2D eigenvalue weighted by Crippen LogP contribution is -2.31. The first-order valence-corrected chi connectivity index (χ1v) is 6.60. The maximum absolute atomic E-state index is 11.7. The lowest BCUT2D eigenvalue weighted by Gasteiger charge is -2.06.